The van der Waals surface area contributed by atoms with Crippen molar-refractivity contribution >= 4 is 11.9 Å². The lowest BCUT2D eigenvalue weighted by molar-refractivity contribution is -0.142. The van der Waals surface area contributed by atoms with Gasteiger partial charge in [-0.05, 0) is 44.9 Å². The van der Waals surface area contributed by atoms with E-state index < -0.39 is 29.7 Å². The predicted octanol–water partition coefficient (Wildman–Crippen LogP) is 3.28. The number of alkyl halides is 3. The van der Waals surface area contributed by atoms with Crippen molar-refractivity contribution in [3.63, 3.8) is 0 Å². The summed E-state index contributed by atoms with van der Waals surface area (Å²) in [6.07, 6.45) is -1.77. The number of benzene rings is 1. The number of aliphatic carboxylic acids is 1. The molecule has 6 nitrogen and oxygen atoms in total. The Balaban J connectivity index is 1.96. The van der Waals surface area contributed by atoms with Crippen LogP contribution in [-0.4, -0.2) is 43.7 Å². The number of amides is 1. The monoisotopic (exact) mass is 381 g/mol. The minimum atomic E-state index is -4.49. The third kappa shape index (κ3) is 3.67. The molecule has 0 saturated heterocycles. The Morgan fingerprint density at radius 1 is 1.33 bits per heavy atom. The summed E-state index contributed by atoms with van der Waals surface area (Å²) in [5, 5.41) is 13.3. The molecule has 0 aliphatic heterocycles. The molecule has 1 heterocycles. The molecule has 0 spiro atoms. The summed E-state index contributed by atoms with van der Waals surface area (Å²) in [7, 11) is 0. The van der Waals surface area contributed by atoms with Crippen LogP contribution in [0.15, 0.2) is 30.5 Å². The number of halogens is 3. The Hall–Kier alpha value is -2.84. The SMILES string of the molecule is Cc1c(C(=O)N(C2CC2)C(C)C(=O)O)cnn1-c1cccc(C(F)(F)F)c1. The number of rotatable bonds is 5. The molecule has 1 fully saturated rings. The highest BCUT2D eigenvalue weighted by atomic mass is 19.4. The van der Waals surface area contributed by atoms with Gasteiger partial charge in [-0.2, -0.15) is 18.3 Å². The van der Waals surface area contributed by atoms with Gasteiger partial charge in [0.25, 0.3) is 5.91 Å². The molecular formula is C18H18F3N3O3. The zero-order valence-electron chi connectivity index (χ0n) is 14.7. The van der Waals surface area contributed by atoms with Gasteiger partial charge in [0.05, 0.1) is 28.7 Å². The number of aromatic nitrogens is 2. The molecule has 3 rings (SSSR count). The van der Waals surface area contributed by atoms with Crippen LogP contribution in [0.1, 0.15) is 41.4 Å². The standard InChI is InChI=1S/C18H18F3N3O3/c1-10-15(16(25)23(13-6-7-13)11(2)17(26)27)9-22-24(10)14-5-3-4-12(8-14)18(19,20)21/h3-5,8-9,11,13H,6-7H2,1-2H3,(H,26,27). The van der Waals surface area contributed by atoms with E-state index in [2.05, 4.69) is 5.10 Å². The van der Waals surface area contributed by atoms with Gasteiger partial charge in [0.1, 0.15) is 6.04 Å². The largest absolute Gasteiger partial charge is 0.480 e. The van der Waals surface area contributed by atoms with Crippen molar-refractivity contribution in [1.82, 2.24) is 14.7 Å². The number of carboxylic acids is 1. The van der Waals surface area contributed by atoms with Crippen LogP contribution in [-0.2, 0) is 11.0 Å². The molecule has 1 atom stereocenters. The van der Waals surface area contributed by atoms with E-state index in [9.17, 15) is 27.9 Å². The minimum Gasteiger partial charge on any atom is -0.480 e. The van der Waals surface area contributed by atoms with Crippen LogP contribution in [0, 0.1) is 6.92 Å². The highest BCUT2D eigenvalue weighted by Gasteiger charge is 2.39. The van der Waals surface area contributed by atoms with Crippen LogP contribution in [0.25, 0.3) is 5.69 Å². The minimum absolute atomic E-state index is 0.139. The molecule has 1 aliphatic rings. The fourth-order valence-electron chi connectivity index (χ4n) is 2.96. The molecule has 9 heteroatoms. The van der Waals surface area contributed by atoms with Gasteiger partial charge in [0, 0.05) is 6.04 Å². The summed E-state index contributed by atoms with van der Waals surface area (Å²) in [5.74, 6) is -1.60. The summed E-state index contributed by atoms with van der Waals surface area (Å²) >= 11 is 0. The molecule has 1 amide bonds. The third-order valence-electron chi connectivity index (χ3n) is 4.61. The van der Waals surface area contributed by atoms with Crippen LogP contribution in [0.2, 0.25) is 0 Å². The summed E-state index contributed by atoms with van der Waals surface area (Å²) in [6, 6.07) is 3.50. The molecule has 1 aliphatic carbocycles. The Kier molecular flexibility index (Phi) is 4.71. The van der Waals surface area contributed by atoms with Gasteiger partial charge in [-0.3, -0.25) is 4.79 Å². The first kappa shape index (κ1) is 18.9. The predicted molar refractivity (Wildman–Crippen MR) is 89.6 cm³/mol. The first-order chi connectivity index (χ1) is 12.6. The van der Waals surface area contributed by atoms with E-state index in [0.29, 0.717) is 5.69 Å². The normalized spacial score (nSPS) is 15.4. The van der Waals surface area contributed by atoms with Crippen molar-refractivity contribution in [2.75, 3.05) is 0 Å². The maximum absolute atomic E-state index is 12.9. The van der Waals surface area contributed by atoms with Gasteiger partial charge in [0.15, 0.2) is 0 Å². The number of hydrogen-bond donors (Lipinski definition) is 1. The van der Waals surface area contributed by atoms with E-state index >= 15 is 0 Å². The number of nitrogens with zero attached hydrogens (tertiary/aromatic N) is 3. The van der Waals surface area contributed by atoms with Gasteiger partial charge in [-0.1, -0.05) is 6.07 Å². The van der Waals surface area contributed by atoms with Crippen LogP contribution < -0.4 is 0 Å². The second-order valence-corrected chi connectivity index (χ2v) is 6.56. The molecule has 2 aromatic rings. The summed E-state index contributed by atoms with van der Waals surface area (Å²) < 4.78 is 40.1. The Morgan fingerprint density at radius 3 is 2.56 bits per heavy atom. The molecule has 1 saturated carbocycles. The fraction of sp³-hybridized carbons (Fsp3) is 0.389. The average molecular weight is 381 g/mol. The Labute approximate surface area is 153 Å². The molecule has 1 unspecified atom stereocenters. The van der Waals surface area contributed by atoms with E-state index in [-0.39, 0.29) is 17.3 Å². The third-order valence-corrected chi connectivity index (χ3v) is 4.61. The van der Waals surface area contributed by atoms with E-state index in [1.807, 2.05) is 0 Å². The van der Waals surface area contributed by atoms with Crippen molar-refractivity contribution in [2.45, 2.75) is 44.9 Å². The van der Waals surface area contributed by atoms with Crippen LogP contribution in [0.5, 0.6) is 0 Å². The molecule has 1 aromatic carbocycles. The molecular weight excluding hydrogens is 363 g/mol. The maximum atomic E-state index is 12.9. The molecule has 1 N–H and O–H groups in total. The second kappa shape index (κ2) is 6.71. The van der Waals surface area contributed by atoms with Crippen molar-refractivity contribution in [3.8, 4) is 5.69 Å². The van der Waals surface area contributed by atoms with Crippen molar-refractivity contribution in [3.05, 3.63) is 47.3 Å². The average Bonchev–Trinajstić information content (AvgIpc) is 3.35. The fourth-order valence-corrected chi connectivity index (χ4v) is 2.96. The van der Waals surface area contributed by atoms with Gasteiger partial charge >= 0.3 is 12.1 Å². The van der Waals surface area contributed by atoms with Crippen LogP contribution >= 0.6 is 0 Å². The van der Waals surface area contributed by atoms with Gasteiger partial charge in [-0.25, -0.2) is 9.48 Å². The number of carboxylic acid groups (broad SMARTS) is 1. The number of carbonyl (C=O) groups excluding carboxylic acids is 1. The summed E-state index contributed by atoms with van der Waals surface area (Å²) in [6.45, 7) is 3.00. The number of carbonyl (C=O) groups is 2. The molecule has 27 heavy (non-hydrogen) atoms. The van der Waals surface area contributed by atoms with Gasteiger partial charge < -0.3 is 10.0 Å². The van der Waals surface area contributed by atoms with Crippen LogP contribution in [0.3, 0.4) is 0 Å². The first-order valence-electron chi connectivity index (χ1n) is 8.39. The van der Waals surface area contributed by atoms with Crippen LogP contribution in [0.4, 0.5) is 13.2 Å². The van der Waals surface area contributed by atoms with Crippen molar-refractivity contribution in [1.29, 1.82) is 0 Å². The summed E-state index contributed by atoms with van der Waals surface area (Å²) in [4.78, 5) is 25.5. The lowest BCUT2D eigenvalue weighted by Crippen LogP contribution is -2.44. The van der Waals surface area contributed by atoms with Gasteiger partial charge in [-0.15, -0.1) is 0 Å². The Morgan fingerprint density at radius 2 is 2.00 bits per heavy atom. The highest BCUT2D eigenvalue weighted by molar-refractivity contribution is 5.97. The molecule has 0 radical (unpaired) electrons. The van der Waals surface area contributed by atoms with Crippen molar-refractivity contribution < 1.29 is 27.9 Å². The zero-order chi connectivity index (χ0) is 19.9. The lowest BCUT2D eigenvalue weighted by Gasteiger charge is -2.26. The Bertz CT molecular complexity index is 887. The highest BCUT2D eigenvalue weighted by Crippen LogP contribution is 2.32. The second-order valence-electron chi connectivity index (χ2n) is 6.56. The molecule has 0 bridgehead atoms. The lowest BCUT2D eigenvalue weighted by atomic mass is 10.1. The van der Waals surface area contributed by atoms with E-state index in [1.165, 1.54) is 34.8 Å². The maximum Gasteiger partial charge on any atom is 0.416 e. The number of hydrogen-bond acceptors (Lipinski definition) is 3. The van der Waals surface area contributed by atoms with Crippen molar-refractivity contribution in [2.24, 2.45) is 0 Å². The first-order valence-corrected chi connectivity index (χ1v) is 8.39. The quantitative estimate of drug-likeness (QED) is 0.863. The molecule has 144 valence electrons. The smallest absolute Gasteiger partial charge is 0.416 e. The van der Waals surface area contributed by atoms with E-state index in [0.717, 1.165) is 25.0 Å². The van der Waals surface area contributed by atoms with E-state index in [1.54, 1.807) is 6.92 Å². The topological polar surface area (TPSA) is 75.4 Å². The molecule has 1 aromatic heterocycles. The zero-order valence-corrected chi connectivity index (χ0v) is 14.7. The van der Waals surface area contributed by atoms with Gasteiger partial charge in [0.2, 0.25) is 0 Å². The van der Waals surface area contributed by atoms with E-state index in [4.69, 9.17) is 0 Å². The summed E-state index contributed by atoms with van der Waals surface area (Å²) in [5.41, 5.74) is -0.123.